The maximum Gasteiger partial charge on any atom is 0.193 e. The van der Waals surface area contributed by atoms with Crippen molar-refractivity contribution in [2.75, 3.05) is 14.2 Å². The number of aromatic nitrogens is 1. The van der Waals surface area contributed by atoms with Gasteiger partial charge >= 0.3 is 0 Å². The van der Waals surface area contributed by atoms with Gasteiger partial charge in [0.1, 0.15) is 0 Å². The predicted molar refractivity (Wildman–Crippen MR) is 53.8 cm³/mol. The maximum atomic E-state index is 5.34. The van der Waals surface area contributed by atoms with Gasteiger partial charge in [-0.05, 0) is 11.3 Å². The molecular formula is C11H13NO2. The molecule has 0 spiro atoms. The number of nitrogens with zero attached hydrogens (tertiary/aromatic N) is 1. The zero-order chi connectivity index (χ0) is 10.0. The molecule has 14 heavy (non-hydrogen) atoms. The molecule has 0 amide bonds. The molecule has 0 unspecified atom stereocenters. The highest BCUT2D eigenvalue weighted by Crippen LogP contribution is 2.19. The first-order valence-electron chi connectivity index (χ1n) is 4.54. The van der Waals surface area contributed by atoms with Crippen LogP contribution >= 0.6 is 0 Å². The van der Waals surface area contributed by atoms with Gasteiger partial charge in [-0.2, -0.15) is 0 Å². The summed E-state index contributed by atoms with van der Waals surface area (Å²) in [5.74, 6) is -0.638. The van der Waals surface area contributed by atoms with Gasteiger partial charge in [0.25, 0.3) is 0 Å². The molecule has 1 aliphatic rings. The maximum absolute atomic E-state index is 5.34. The lowest BCUT2D eigenvalue weighted by Gasteiger charge is -2.27. The number of hydrogen-bond acceptors (Lipinski definition) is 3. The molecule has 0 aromatic carbocycles. The lowest BCUT2D eigenvalue weighted by atomic mass is 10.1. The Balaban J connectivity index is 2.57. The SMILES string of the molecule is COC1(OC)C=c2ncccc2=CC1. The molecule has 3 nitrogen and oxygen atoms in total. The van der Waals surface area contributed by atoms with E-state index in [1.54, 1.807) is 20.4 Å². The van der Waals surface area contributed by atoms with Crippen molar-refractivity contribution >= 4 is 12.2 Å². The summed E-state index contributed by atoms with van der Waals surface area (Å²) in [6.07, 6.45) is 6.49. The summed E-state index contributed by atoms with van der Waals surface area (Å²) in [5.41, 5.74) is 0. The fraction of sp³-hybridized carbons (Fsp3) is 0.364. The molecular weight excluding hydrogens is 178 g/mol. The summed E-state index contributed by atoms with van der Waals surface area (Å²) >= 11 is 0. The van der Waals surface area contributed by atoms with Crippen LogP contribution in [0, 0.1) is 0 Å². The third-order valence-electron chi connectivity index (χ3n) is 2.53. The Morgan fingerprint density at radius 2 is 2.14 bits per heavy atom. The van der Waals surface area contributed by atoms with E-state index in [1.165, 1.54) is 0 Å². The van der Waals surface area contributed by atoms with Crippen LogP contribution in [0.3, 0.4) is 0 Å². The highest BCUT2D eigenvalue weighted by molar-refractivity contribution is 5.42. The van der Waals surface area contributed by atoms with E-state index in [9.17, 15) is 0 Å². The molecule has 74 valence electrons. The fourth-order valence-electron chi connectivity index (χ4n) is 1.61. The summed E-state index contributed by atoms with van der Waals surface area (Å²) in [4.78, 5) is 4.26. The highest BCUT2D eigenvalue weighted by Gasteiger charge is 2.27. The summed E-state index contributed by atoms with van der Waals surface area (Å²) in [6, 6.07) is 3.96. The molecule has 1 aromatic heterocycles. The standard InChI is InChI=1S/C11H13NO2/c1-13-11(14-2)6-5-9-4-3-7-12-10(9)8-11/h3-5,7-8H,6H2,1-2H3. The number of pyridine rings is 1. The molecule has 0 bridgehead atoms. The molecule has 0 saturated carbocycles. The minimum atomic E-state index is -0.638. The molecule has 3 heteroatoms. The van der Waals surface area contributed by atoms with Crippen molar-refractivity contribution in [3.05, 3.63) is 28.9 Å². The van der Waals surface area contributed by atoms with Gasteiger partial charge in [-0.3, -0.25) is 4.98 Å². The van der Waals surface area contributed by atoms with E-state index in [0.717, 1.165) is 17.0 Å². The average molecular weight is 191 g/mol. The summed E-state index contributed by atoms with van der Waals surface area (Å²) < 4.78 is 10.7. The number of ether oxygens (including phenoxy) is 2. The largest absolute Gasteiger partial charge is 0.349 e. The Labute approximate surface area is 82.7 Å². The van der Waals surface area contributed by atoms with E-state index in [0.29, 0.717) is 0 Å². The Hall–Kier alpha value is -1.19. The van der Waals surface area contributed by atoms with Gasteiger partial charge in [-0.25, -0.2) is 0 Å². The lowest BCUT2D eigenvalue weighted by molar-refractivity contribution is -0.152. The van der Waals surface area contributed by atoms with Gasteiger partial charge in [-0.15, -0.1) is 0 Å². The third kappa shape index (κ3) is 1.45. The number of hydrogen-bond donors (Lipinski definition) is 0. The van der Waals surface area contributed by atoms with Gasteiger partial charge in [-0.1, -0.05) is 12.1 Å². The molecule has 2 rings (SSSR count). The quantitative estimate of drug-likeness (QED) is 0.618. The Morgan fingerprint density at radius 3 is 2.86 bits per heavy atom. The highest BCUT2D eigenvalue weighted by atomic mass is 16.7. The second-order valence-corrected chi connectivity index (χ2v) is 3.25. The summed E-state index contributed by atoms with van der Waals surface area (Å²) in [5, 5.41) is 2.06. The van der Waals surface area contributed by atoms with Crippen molar-refractivity contribution in [1.29, 1.82) is 0 Å². The van der Waals surface area contributed by atoms with Crippen molar-refractivity contribution in [3.8, 4) is 0 Å². The number of rotatable bonds is 2. The zero-order valence-corrected chi connectivity index (χ0v) is 8.36. The van der Waals surface area contributed by atoms with Crippen LogP contribution in [0.1, 0.15) is 6.42 Å². The molecule has 0 fully saturated rings. The van der Waals surface area contributed by atoms with Crippen LogP contribution in [-0.4, -0.2) is 25.0 Å². The first-order chi connectivity index (χ1) is 6.79. The van der Waals surface area contributed by atoms with Gasteiger partial charge in [0.05, 0.1) is 5.35 Å². The molecule has 0 atom stereocenters. The van der Waals surface area contributed by atoms with Gasteiger partial charge in [0, 0.05) is 32.9 Å². The van der Waals surface area contributed by atoms with E-state index in [1.807, 2.05) is 18.2 Å². The van der Waals surface area contributed by atoms with Crippen molar-refractivity contribution < 1.29 is 9.47 Å². The van der Waals surface area contributed by atoms with Crippen molar-refractivity contribution in [2.45, 2.75) is 12.2 Å². The van der Waals surface area contributed by atoms with Crippen LogP contribution < -0.4 is 10.6 Å². The molecule has 0 saturated heterocycles. The Bertz CT molecular complexity index is 435. The molecule has 1 heterocycles. The van der Waals surface area contributed by atoms with Crippen LogP contribution in [0.15, 0.2) is 18.3 Å². The molecule has 0 aliphatic heterocycles. The van der Waals surface area contributed by atoms with E-state index in [-0.39, 0.29) is 0 Å². The number of fused-ring (bicyclic) bond motifs is 1. The van der Waals surface area contributed by atoms with Gasteiger partial charge in [0.2, 0.25) is 0 Å². The molecule has 1 aliphatic carbocycles. The first kappa shape index (κ1) is 9.37. The average Bonchev–Trinajstić information content (AvgIpc) is 2.28. The monoisotopic (exact) mass is 191 g/mol. The second kappa shape index (κ2) is 3.52. The lowest BCUT2D eigenvalue weighted by Crippen LogP contribution is -2.41. The van der Waals surface area contributed by atoms with Crippen LogP contribution in [-0.2, 0) is 9.47 Å². The zero-order valence-electron chi connectivity index (χ0n) is 8.36. The van der Waals surface area contributed by atoms with Crippen molar-refractivity contribution in [2.24, 2.45) is 0 Å². The fourth-order valence-corrected chi connectivity index (χ4v) is 1.61. The van der Waals surface area contributed by atoms with E-state index >= 15 is 0 Å². The normalized spacial score (nSPS) is 17.9. The topological polar surface area (TPSA) is 31.4 Å². The molecule has 1 aromatic rings. The minimum Gasteiger partial charge on any atom is -0.349 e. The van der Waals surface area contributed by atoms with Crippen molar-refractivity contribution in [3.63, 3.8) is 0 Å². The number of methoxy groups -OCH3 is 2. The van der Waals surface area contributed by atoms with Gasteiger partial charge in [0.15, 0.2) is 5.79 Å². The summed E-state index contributed by atoms with van der Waals surface area (Å²) in [7, 11) is 3.28. The second-order valence-electron chi connectivity index (χ2n) is 3.25. The van der Waals surface area contributed by atoms with Crippen LogP contribution in [0.2, 0.25) is 0 Å². The van der Waals surface area contributed by atoms with Crippen molar-refractivity contribution in [1.82, 2.24) is 4.98 Å². The van der Waals surface area contributed by atoms with Crippen LogP contribution in [0.4, 0.5) is 0 Å². The third-order valence-corrected chi connectivity index (χ3v) is 2.53. The van der Waals surface area contributed by atoms with Crippen LogP contribution in [0.25, 0.3) is 12.2 Å². The molecule has 0 N–H and O–H groups in total. The van der Waals surface area contributed by atoms with E-state index in [2.05, 4.69) is 11.1 Å². The van der Waals surface area contributed by atoms with E-state index in [4.69, 9.17) is 9.47 Å². The summed E-state index contributed by atoms with van der Waals surface area (Å²) in [6.45, 7) is 0. The minimum absolute atomic E-state index is 0.638. The first-order valence-corrected chi connectivity index (χ1v) is 4.54. The van der Waals surface area contributed by atoms with Crippen LogP contribution in [0.5, 0.6) is 0 Å². The Kier molecular flexibility index (Phi) is 2.35. The van der Waals surface area contributed by atoms with Gasteiger partial charge < -0.3 is 9.47 Å². The Morgan fingerprint density at radius 1 is 1.36 bits per heavy atom. The predicted octanol–water partition coefficient (Wildman–Crippen LogP) is 0.0354. The smallest absolute Gasteiger partial charge is 0.193 e. The molecule has 0 radical (unpaired) electrons. The van der Waals surface area contributed by atoms with E-state index < -0.39 is 5.79 Å².